The van der Waals surface area contributed by atoms with Crippen molar-refractivity contribution in [1.29, 1.82) is 0 Å². The fraction of sp³-hybridized carbons (Fsp3) is 0.529. The standard InChI is InChI=1S/C17H23N5O2/c1-12-9-14(19-17(18-12)22-7-5-4-6-8-22)11-24-16(23)15-10-13(2)20-21(15)3/h9-10H,4-8,11H2,1-3H3. The van der Waals surface area contributed by atoms with Gasteiger partial charge in [-0.05, 0) is 45.2 Å². The smallest absolute Gasteiger partial charge is 0.356 e. The molecule has 3 heterocycles. The lowest BCUT2D eigenvalue weighted by molar-refractivity contribution is 0.0454. The molecule has 7 heteroatoms. The van der Waals surface area contributed by atoms with Crippen LogP contribution in [0.15, 0.2) is 12.1 Å². The van der Waals surface area contributed by atoms with E-state index in [1.807, 2.05) is 19.9 Å². The molecular formula is C17H23N5O2. The van der Waals surface area contributed by atoms with Crippen molar-refractivity contribution in [3.05, 3.63) is 34.9 Å². The molecule has 0 saturated carbocycles. The average molecular weight is 329 g/mol. The molecule has 2 aromatic rings. The zero-order valence-corrected chi connectivity index (χ0v) is 14.4. The summed E-state index contributed by atoms with van der Waals surface area (Å²) in [6.45, 7) is 5.88. The van der Waals surface area contributed by atoms with E-state index >= 15 is 0 Å². The first-order chi connectivity index (χ1) is 11.5. The summed E-state index contributed by atoms with van der Waals surface area (Å²) in [7, 11) is 1.73. The zero-order chi connectivity index (χ0) is 17.1. The molecule has 7 nitrogen and oxygen atoms in total. The molecule has 0 aliphatic carbocycles. The van der Waals surface area contributed by atoms with Gasteiger partial charge in [0.1, 0.15) is 12.3 Å². The molecule has 1 aliphatic heterocycles. The van der Waals surface area contributed by atoms with Gasteiger partial charge in [0, 0.05) is 25.8 Å². The number of hydrogen-bond acceptors (Lipinski definition) is 6. The topological polar surface area (TPSA) is 73.1 Å². The third-order valence-electron chi connectivity index (χ3n) is 4.10. The molecule has 0 spiro atoms. The number of esters is 1. The summed E-state index contributed by atoms with van der Waals surface area (Å²) in [5.41, 5.74) is 2.83. The minimum Gasteiger partial charge on any atom is -0.454 e. The Bertz CT molecular complexity index is 735. The predicted octanol–water partition coefficient (Wildman–Crippen LogP) is 2.17. The summed E-state index contributed by atoms with van der Waals surface area (Å²) in [4.78, 5) is 23.5. The van der Waals surface area contributed by atoms with Gasteiger partial charge in [-0.2, -0.15) is 5.10 Å². The molecule has 1 saturated heterocycles. The fourth-order valence-corrected chi connectivity index (χ4v) is 2.94. The summed E-state index contributed by atoms with van der Waals surface area (Å²) in [6.07, 6.45) is 3.60. The lowest BCUT2D eigenvalue weighted by Crippen LogP contribution is -2.31. The van der Waals surface area contributed by atoms with Crippen LogP contribution in [0, 0.1) is 13.8 Å². The second-order valence-electron chi connectivity index (χ2n) is 6.22. The molecule has 1 fully saturated rings. The number of carbonyl (C=O) groups is 1. The molecule has 3 rings (SSSR count). The number of ether oxygens (including phenoxy) is 1. The van der Waals surface area contributed by atoms with E-state index in [1.165, 1.54) is 23.9 Å². The Morgan fingerprint density at radius 2 is 1.88 bits per heavy atom. The Balaban J connectivity index is 1.69. The van der Waals surface area contributed by atoms with Gasteiger partial charge in [-0.15, -0.1) is 0 Å². The molecule has 24 heavy (non-hydrogen) atoms. The quantitative estimate of drug-likeness (QED) is 0.801. The number of carbonyl (C=O) groups excluding carboxylic acids is 1. The van der Waals surface area contributed by atoms with Gasteiger partial charge in [0.25, 0.3) is 0 Å². The maximum atomic E-state index is 12.2. The second-order valence-corrected chi connectivity index (χ2v) is 6.22. The number of anilines is 1. The molecule has 0 aromatic carbocycles. The molecule has 1 aliphatic rings. The van der Waals surface area contributed by atoms with Gasteiger partial charge in [0.05, 0.1) is 11.4 Å². The molecule has 0 radical (unpaired) electrons. The van der Waals surface area contributed by atoms with Gasteiger partial charge in [-0.1, -0.05) is 0 Å². The monoisotopic (exact) mass is 329 g/mol. The van der Waals surface area contributed by atoms with Crippen LogP contribution in [0.5, 0.6) is 0 Å². The Morgan fingerprint density at radius 3 is 2.54 bits per heavy atom. The molecule has 0 amide bonds. The van der Waals surface area contributed by atoms with Crippen molar-refractivity contribution in [1.82, 2.24) is 19.7 Å². The van der Waals surface area contributed by atoms with Crippen molar-refractivity contribution in [3.8, 4) is 0 Å². The van der Waals surface area contributed by atoms with E-state index < -0.39 is 5.97 Å². The van der Waals surface area contributed by atoms with Crippen LogP contribution in [0.1, 0.15) is 46.8 Å². The van der Waals surface area contributed by atoms with Gasteiger partial charge >= 0.3 is 5.97 Å². The average Bonchev–Trinajstić information content (AvgIpc) is 2.91. The molecule has 0 unspecified atom stereocenters. The highest BCUT2D eigenvalue weighted by molar-refractivity contribution is 5.87. The van der Waals surface area contributed by atoms with Gasteiger partial charge in [-0.3, -0.25) is 4.68 Å². The first-order valence-electron chi connectivity index (χ1n) is 8.30. The highest BCUT2D eigenvalue weighted by atomic mass is 16.5. The summed E-state index contributed by atoms with van der Waals surface area (Å²) in [5.74, 6) is 0.339. The first kappa shape index (κ1) is 16.4. The fourth-order valence-electron chi connectivity index (χ4n) is 2.94. The second kappa shape index (κ2) is 6.98. The number of hydrogen-bond donors (Lipinski definition) is 0. The Morgan fingerprint density at radius 1 is 1.12 bits per heavy atom. The van der Waals surface area contributed by atoms with E-state index in [2.05, 4.69) is 20.0 Å². The van der Waals surface area contributed by atoms with E-state index in [9.17, 15) is 4.79 Å². The summed E-state index contributed by atoms with van der Waals surface area (Å²) < 4.78 is 6.93. The van der Waals surface area contributed by atoms with Crippen molar-refractivity contribution < 1.29 is 9.53 Å². The van der Waals surface area contributed by atoms with Gasteiger partial charge in [0.2, 0.25) is 5.95 Å². The molecule has 0 N–H and O–H groups in total. The number of aromatic nitrogens is 4. The van der Waals surface area contributed by atoms with Gasteiger partial charge < -0.3 is 9.64 Å². The van der Waals surface area contributed by atoms with Crippen LogP contribution in [-0.2, 0) is 18.4 Å². The van der Waals surface area contributed by atoms with Crippen LogP contribution in [0.4, 0.5) is 5.95 Å². The van der Waals surface area contributed by atoms with E-state index in [1.54, 1.807) is 13.1 Å². The minimum atomic E-state index is -0.395. The predicted molar refractivity (Wildman–Crippen MR) is 89.9 cm³/mol. The van der Waals surface area contributed by atoms with Gasteiger partial charge in [-0.25, -0.2) is 14.8 Å². The van der Waals surface area contributed by atoms with Crippen LogP contribution in [0.25, 0.3) is 0 Å². The Kier molecular flexibility index (Phi) is 4.78. The molecule has 2 aromatic heterocycles. The molecular weight excluding hydrogens is 306 g/mol. The van der Waals surface area contributed by atoms with E-state index in [4.69, 9.17) is 4.74 Å². The van der Waals surface area contributed by atoms with Gasteiger partial charge in [0.15, 0.2) is 0 Å². The lowest BCUT2D eigenvalue weighted by atomic mass is 10.1. The summed E-state index contributed by atoms with van der Waals surface area (Å²) in [5, 5.41) is 4.16. The van der Waals surface area contributed by atoms with Crippen LogP contribution in [0.3, 0.4) is 0 Å². The zero-order valence-electron chi connectivity index (χ0n) is 14.4. The third kappa shape index (κ3) is 3.72. The number of rotatable bonds is 4. The normalized spacial score (nSPS) is 14.7. The number of nitrogens with zero attached hydrogens (tertiary/aromatic N) is 5. The maximum Gasteiger partial charge on any atom is 0.356 e. The summed E-state index contributed by atoms with van der Waals surface area (Å²) >= 11 is 0. The van der Waals surface area contributed by atoms with Crippen LogP contribution >= 0.6 is 0 Å². The highest BCUT2D eigenvalue weighted by Crippen LogP contribution is 2.17. The van der Waals surface area contributed by atoms with E-state index in [0.717, 1.165) is 36.1 Å². The molecule has 0 atom stereocenters. The van der Waals surface area contributed by atoms with Crippen molar-refractivity contribution in [2.24, 2.45) is 7.05 Å². The van der Waals surface area contributed by atoms with Crippen molar-refractivity contribution in [3.63, 3.8) is 0 Å². The Labute approximate surface area is 141 Å². The van der Waals surface area contributed by atoms with Crippen molar-refractivity contribution in [2.45, 2.75) is 39.7 Å². The highest BCUT2D eigenvalue weighted by Gasteiger charge is 2.17. The van der Waals surface area contributed by atoms with Crippen LogP contribution in [-0.4, -0.2) is 38.8 Å². The lowest BCUT2D eigenvalue weighted by Gasteiger charge is -2.27. The maximum absolute atomic E-state index is 12.2. The van der Waals surface area contributed by atoms with E-state index in [0.29, 0.717) is 5.69 Å². The first-order valence-corrected chi connectivity index (χ1v) is 8.30. The number of piperidine rings is 1. The van der Waals surface area contributed by atoms with Crippen molar-refractivity contribution >= 4 is 11.9 Å². The third-order valence-corrected chi connectivity index (χ3v) is 4.10. The van der Waals surface area contributed by atoms with Crippen molar-refractivity contribution in [2.75, 3.05) is 18.0 Å². The van der Waals surface area contributed by atoms with Crippen LogP contribution in [0.2, 0.25) is 0 Å². The minimum absolute atomic E-state index is 0.132. The summed E-state index contributed by atoms with van der Waals surface area (Å²) in [6, 6.07) is 3.57. The number of aryl methyl sites for hydroxylation is 3. The largest absolute Gasteiger partial charge is 0.454 e. The molecule has 0 bridgehead atoms. The molecule has 128 valence electrons. The Hall–Kier alpha value is -2.44. The SMILES string of the molecule is Cc1cc(COC(=O)c2cc(C)nn2C)nc(N2CCCCC2)n1. The van der Waals surface area contributed by atoms with Crippen LogP contribution < -0.4 is 4.90 Å². The van der Waals surface area contributed by atoms with E-state index in [-0.39, 0.29) is 6.61 Å².